The minimum Gasteiger partial charge on any atom is -0.399 e. The third-order valence-electron chi connectivity index (χ3n) is 8.86. The van der Waals surface area contributed by atoms with Crippen LogP contribution in [0.15, 0.2) is 91.0 Å². The molecule has 0 saturated carbocycles. The lowest BCUT2D eigenvalue weighted by molar-refractivity contribution is 0.00578. The van der Waals surface area contributed by atoms with Crippen LogP contribution in [-0.4, -0.2) is 18.3 Å². The third kappa shape index (κ3) is 2.97. The molecule has 0 aliphatic carbocycles. The summed E-state index contributed by atoms with van der Waals surface area (Å²) < 4.78 is 15.7. The highest BCUT2D eigenvalue weighted by Gasteiger charge is 2.52. The Balaban J connectivity index is 1.53. The summed E-state index contributed by atoms with van der Waals surface area (Å²) >= 11 is 1.86. The summed E-state index contributed by atoms with van der Waals surface area (Å²) in [5, 5.41) is 12.9. The van der Waals surface area contributed by atoms with Crippen LogP contribution in [-0.2, 0) is 9.31 Å². The molecule has 1 saturated heterocycles. The van der Waals surface area contributed by atoms with E-state index in [9.17, 15) is 0 Å². The van der Waals surface area contributed by atoms with E-state index < -0.39 is 18.3 Å². The van der Waals surface area contributed by atoms with Gasteiger partial charge < -0.3 is 9.31 Å². The highest BCUT2D eigenvalue weighted by Crippen LogP contribution is 2.44. The summed E-state index contributed by atoms with van der Waals surface area (Å²) in [5.41, 5.74) is 0.342. The second-order valence-electron chi connectivity index (χ2n) is 11.6. The fourth-order valence-electron chi connectivity index (χ4n) is 6.19. The van der Waals surface area contributed by atoms with Crippen LogP contribution < -0.4 is 5.46 Å². The van der Waals surface area contributed by atoms with E-state index in [4.69, 9.17) is 9.31 Å². The average Bonchev–Trinajstić information content (AvgIpc) is 3.40. The molecule has 8 rings (SSSR count). The molecule has 0 amide bonds. The molecule has 0 atom stereocenters. The van der Waals surface area contributed by atoms with Gasteiger partial charge in [0.25, 0.3) is 0 Å². The van der Waals surface area contributed by atoms with Gasteiger partial charge >= 0.3 is 7.12 Å². The van der Waals surface area contributed by atoms with Gasteiger partial charge in [0.2, 0.25) is 0 Å². The standard InChI is InChI=1S/C34H27BO2S/c1-33(2)34(3,4)37-35(36-33)29-17-20-11-5-6-12-21(20)31-28-18-26-24-15-9-7-13-22(24)23-14-8-10-16-25(23)27(26)19-30(28)38-32(29)31/h5-19H,1-4H3. The average molecular weight is 510 g/mol. The topological polar surface area (TPSA) is 18.5 Å². The number of benzene rings is 6. The fraction of sp³-hybridized carbons (Fsp3) is 0.176. The Labute approximate surface area is 225 Å². The van der Waals surface area contributed by atoms with Crippen molar-refractivity contribution in [2.75, 3.05) is 0 Å². The number of hydrogen-bond acceptors (Lipinski definition) is 3. The zero-order valence-corrected chi connectivity index (χ0v) is 22.8. The molecule has 6 aromatic carbocycles. The van der Waals surface area contributed by atoms with Crippen LogP contribution in [0.4, 0.5) is 0 Å². The largest absolute Gasteiger partial charge is 0.496 e. The monoisotopic (exact) mass is 510 g/mol. The van der Waals surface area contributed by atoms with E-state index in [1.807, 2.05) is 11.3 Å². The van der Waals surface area contributed by atoms with Crippen molar-refractivity contribution in [3.05, 3.63) is 91.0 Å². The maximum Gasteiger partial charge on any atom is 0.496 e. The predicted molar refractivity (Wildman–Crippen MR) is 165 cm³/mol. The van der Waals surface area contributed by atoms with E-state index in [1.165, 1.54) is 63.3 Å². The lowest BCUT2D eigenvalue weighted by atomic mass is 9.77. The normalized spacial score (nSPS) is 17.1. The number of hydrogen-bond donors (Lipinski definition) is 0. The van der Waals surface area contributed by atoms with Crippen molar-refractivity contribution in [2.45, 2.75) is 38.9 Å². The van der Waals surface area contributed by atoms with Gasteiger partial charge in [-0.2, -0.15) is 0 Å². The summed E-state index contributed by atoms with van der Waals surface area (Å²) in [6, 6.07) is 33.4. The van der Waals surface area contributed by atoms with Crippen LogP contribution in [0.1, 0.15) is 27.7 Å². The van der Waals surface area contributed by atoms with Gasteiger partial charge in [-0.1, -0.05) is 78.9 Å². The lowest BCUT2D eigenvalue weighted by Gasteiger charge is -2.32. The first kappa shape index (κ1) is 22.5. The number of rotatable bonds is 1. The van der Waals surface area contributed by atoms with Crippen LogP contribution in [0.3, 0.4) is 0 Å². The van der Waals surface area contributed by atoms with E-state index in [0.29, 0.717) is 0 Å². The molecule has 0 bridgehead atoms. The molecule has 0 spiro atoms. The molecule has 38 heavy (non-hydrogen) atoms. The van der Waals surface area contributed by atoms with Gasteiger partial charge in [-0.3, -0.25) is 0 Å². The fourth-order valence-corrected chi connectivity index (χ4v) is 7.46. The van der Waals surface area contributed by atoms with Gasteiger partial charge in [0, 0.05) is 25.6 Å². The lowest BCUT2D eigenvalue weighted by Crippen LogP contribution is -2.41. The smallest absolute Gasteiger partial charge is 0.399 e. The van der Waals surface area contributed by atoms with Crippen molar-refractivity contribution in [1.82, 2.24) is 0 Å². The van der Waals surface area contributed by atoms with Crippen molar-refractivity contribution in [2.24, 2.45) is 0 Å². The summed E-state index contributed by atoms with van der Waals surface area (Å²) in [7, 11) is -0.406. The first-order valence-electron chi connectivity index (χ1n) is 13.3. The molecule has 0 radical (unpaired) electrons. The van der Waals surface area contributed by atoms with Crippen molar-refractivity contribution < 1.29 is 9.31 Å². The first-order chi connectivity index (χ1) is 18.3. The molecule has 0 N–H and O–H groups in total. The summed E-state index contributed by atoms with van der Waals surface area (Å²) in [6.07, 6.45) is 0. The third-order valence-corrected chi connectivity index (χ3v) is 10.1. The molecule has 0 unspecified atom stereocenters. The molecular weight excluding hydrogens is 483 g/mol. The molecule has 1 aliphatic rings. The molecule has 1 fully saturated rings. The van der Waals surface area contributed by atoms with Crippen molar-refractivity contribution in [3.63, 3.8) is 0 Å². The maximum atomic E-state index is 6.58. The number of thiophene rings is 1. The van der Waals surface area contributed by atoms with Gasteiger partial charge in [-0.15, -0.1) is 11.3 Å². The molecule has 7 aromatic rings. The van der Waals surface area contributed by atoms with E-state index in [0.717, 1.165) is 5.46 Å². The summed E-state index contributed by atoms with van der Waals surface area (Å²) in [5.74, 6) is 0. The Morgan fingerprint density at radius 3 is 1.66 bits per heavy atom. The Kier molecular flexibility index (Phi) is 4.49. The zero-order valence-electron chi connectivity index (χ0n) is 22.0. The predicted octanol–water partition coefficient (Wildman–Crippen LogP) is 8.97. The van der Waals surface area contributed by atoms with E-state index in [-0.39, 0.29) is 0 Å². The van der Waals surface area contributed by atoms with Crippen LogP contribution in [0.5, 0.6) is 0 Å². The molecule has 4 heteroatoms. The molecule has 184 valence electrons. The number of fused-ring (bicyclic) bond motifs is 11. The van der Waals surface area contributed by atoms with Gasteiger partial charge in [-0.25, -0.2) is 0 Å². The van der Waals surface area contributed by atoms with E-state index in [1.54, 1.807) is 0 Å². The van der Waals surface area contributed by atoms with Crippen LogP contribution in [0, 0.1) is 0 Å². The van der Waals surface area contributed by atoms with Gasteiger partial charge in [0.15, 0.2) is 0 Å². The van der Waals surface area contributed by atoms with E-state index in [2.05, 4.69) is 119 Å². The Morgan fingerprint density at radius 2 is 1.05 bits per heavy atom. The van der Waals surface area contributed by atoms with Gasteiger partial charge in [0.1, 0.15) is 0 Å². The zero-order chi connectivity index (χ0) is 25.8. The second-order valence-corrected chi connectivity index (χ2v) is 12.6. The second kappa shape index (κ2) is 7.57. The van der Waals surface area contributed by atoms with E-state index >= 15 is 0 Å². The SMILES string of the molecule is CC1(C)OB(c2cc3ccccc3c3c2sc2cc4c5ccccc5c5ccccc5c4cc23)OC1(C)C. The quantitative estimate of drug-likeness (QED) is 0.162. The van der Waals surface area contributed by atoms with Crippen molar-refractivity contribution in [3.8, 4) is 0 Å². The Hall–Kier alpha value is -3.44. The summed E-state index contributed by atoms with van der Waals surface area (Å²) in [4.78, 5) is 0. The van der Waals surface area contributed by atoms with Crippen LogP contribution in [0.2, 0.25) is 0 Å². The highest BCUT2D eigenvalue weighted by molar-refractivity contribution is 7.27. The molecule has 2 nitrogen and oxygen atoms in total. The van der Waals surface area contributed by atoms with Crippen molar-refractivity contribution in [1.29, 1.82) is 0 Å². The minimum atomic E-state index is -0.406. The maximum absolute atomic E-state index is 6.58. The Morgan fingerprint density at radius 1 is 0.553 bits per heavy atom. The summed E-state index contributed by atoms with van der Waals surface area (Å²) in [6.45, 7) is 8.50. The first-order valence-corrected chi connectivity index (χ1v) is 14.1. The molecule has 1 aliphatic heterocycles. The molecule has 2 heterocycles. The van der Waals surface area contributed by atoms with Gasteiger partial charge in [0.05, 0.1) is 11.2 Å². The van der Waals surface area contributed by atoms with Crippen LogP contribution >= 0.6 is 11.3 Å². The van der Waals surface area contributed by atoms with Crippen molar-refractivity contribution >= 4 is 87.2 Å². The minimum absolute atomic E-state index is 0.390. The van der Waals surface area contributed by atoms with Gasteiger partial charge in [-0.05, 0) is 82.9 Å². The van der Waals surface area contributed by atoms with Crippen LogP contribution in [0.25, 0.3) is 63.3 Å². The Bertz CT molecular complexity index is 2090. The molecule has 1 aromatic heterocycles. The molecular formula is C34H27BO2S. The highest BCUT2D eigenvalue weighted by atomic mass is 32.1.